The standard InChI is InChI=1S/C26H28FN7O2S/c1-33-12-16-7-8-36-15-18-10-19(9-17(13-33)24(16)18)29-26-28-11-20-21(27)14-34(25(20)31-26)23-6-4-5-22(30-23)32-37(2,3)35/h4-6,9-11,14,16H,7-8,12-13,15H2,1-3H3,(H,28,29,31). The Morgan fingerprint density at radius 1 is 1.22 bits per heavy atom. The van der Waals surface area contributed by atoms with Gasteiger partial charge in [0, 0.05) is 60.0 Å². The summed E-state index contributed by atoms with van der Waals surface area (Å²) in [4.78, 5) is 15.8. The molecule has 11 heteroatoms. The summed E-state index contributed by atoms with van der Waals surface area (Å²) in [6.07, 6.45) is 6.90. The van der Waals surface area contributed by atoms with E-state index in [0.717, 1.165) is 31.8 Å². The van der Waals surface area contributed by atoms with Gasteiger partial charge in [0.25, 0.3) is 0 Å². The summed E-state index contributed by atoms with van der Waals surface area (Å²) in [6.45, 7) is 3.25. The number of anilines is 2. The Bertz CT molecular complexity index is 1640. The Morgan fingerprint density at radius 3 is 2.89 bits per heavy atom. The minimum absolute atomic E-state index is 0.277. The fourth-order valence-electron chi connectivity index (χ4n) is 5.25. The molecular formula is C26H28FN7O2S. The van der Waals surface area contributed by atoms with Crippen molar-refractivity contribution in [3.05, 3.63) is 65.2 Å². The molecule has 0 aliphatic carbocycles. The van der Waals surface area contributed by atoms with Crippen molar-refractivity contribution in [3.63, 3.8) is 0 Å². The van der Waals surface area contributed by atoms with Crippen molar-refractivity contribution >= 4 is 38.2 Å². The fraction of sp³-hybridized carbons (Fsp3) is 0.346. The molecule has 1 unspecified atom stereocenters. The molecule has 4 aromatic rings. The first kappa shape index (κ1) is 24.0. The number of fused-ring (bicyclic) bond motifs is 1. The third-order valence-corrected chi connectivity index (χ3v) is 7.26. The largest absolute Gasteiger partial charge is 0.377 e. The monoisotopic (exact) mass is 521 g/mol. The average Bonchev–Trinajstić information content (AvgIpc) is 3.01. The van der Waals surface area contributed by atoms with Crippen LogP contribution in [0.3, 0.4) is 0 Å². The van der Waals surface area contributed by atoms with Crippen LogP contribution in [0.25, 0.3) is 16.9 Å². The van der Waals surface area contributed by atoms with E-state index in [-0.39, 0.29) is 5.39 Å². The molecule has 0 fully saturated rings. The Morgan fingerprint density at radius 2 is 2.05 bits per heavy atom. The van der Waals surface area contributed by atoms with Gasteiger partial charge in [-0.15, -0.1) is 0 Å². The van der Waals surface area contributed by atoms with E-state index in [0.29, 0.717) is 35.8 Å². The van der Waals surface area contributed by atoms with Gasteiger partial charge in [-0.1, -0.05) is 6.07 Å². The maximum absolute atomic E-state index is 14.8. The maximum atomic E-state index is 14.8. The summed E-state index contributed by atoms with van der Waals surface area (Å²) in [5.74, 6) is 1.10. The minimum Gasteiger partial charge on any atom is -0.377 e. The lowest BCUT2D eigenvalue weighted by molar-refractivity contribution is 0.119. The normalized spacial score (nSPS) is 17.9. The van der Waals surface area contributed by atoms with Crippen molar-refractivity contribution in [2.24, 2.45) is 4.36 Å². The molecule has 0 amide bonds. The van der Waals surface area contributed by atoms with Gasteiger partial charge in [0.2, 0.25) is 5.95 Å². The van der Waals surface area contributed by atoms with Gasteiger partial charge in [-0.2, -0.15) is 9.35 Å². The lowest BCUT2D eigenvalue weighted by Crippen LogP contribution is -2.31. The molecule has 1 atom stereocenters. The zero-order chi connectivity index (χ0) is 25.7. The summed E-state index contributed by atoms with van der Waals surface area (Å²) in [7, 11) is -0.248. The van der Waals surface area contributed by atoms with Crippen LogP contribution in [0.5, 0.6) is 0 Å². The molecule has 9 nitrogen and oxygen atoms in total. The SMILES string of the molecule is CN1Cc2cc(Nc3ncc4c(F)cn(-c5cccc(N=S(C)(C)=O)n5)c4n3)cc3c2C(CCOC3)C1. The highest BCUT2D eigenvalue weighted by Gasteiger charge is 2.28. The predicted molar refractivity (Wildman–Crippen MR) is 142 cm³/mol. The fourth-order valence-corrected chi connectivity index (χ4v) is 5.80. The van der Waals surface area contributed by atoms with E-state index in [9.17, 15) is 8.60 Å². The van der Waals surface area contributed by atoms with Crippen LogP contribution in [0.1, 0.15) is 29.0 Å². The van der Waals surface area contributed by atoms with E-state index in [1.807, 2.05) is 0 Å². The second-order valence-electron chi connectivity index (χ2n) is 9.97. The van der Waals surface area contributed by atoms with E-state index in [4.69, 9.17) is 4.74 Å². The number of ether oxygens (including phenoxy) is 1. The molecular weight excluding hydrogens is 493 g/mol. The first-order valence-corrected chi connectivity index (χ1v) is 14.4. The molecule has 5 heterocycles. The van der Waals surface area contributed by atoms with E-state index < -0.39 is 15.5 Å². The van der Waals surface area contributed by atoms with Crippen LogP contribution < -0.4 is 5.32 Å². The number of hydrogen-bond acceptors (Lipinski definition) is 8. The number of nitrogens with one attached hydrogen (secondary N) is 1. The molecule has 192 valence electrons. The first-order valence-electron chi connectivity index (χ1n) is 12.1. The summed E-state index contributed by atoms with van der Waals surface area (Å²) >= 11 is 0. The number of nitrogens with zero attached hydrogens (tertiary/aromatic N) is 6. The number of hydrogen-bond donors (Lipinski definition) is 1. The van der Waals surface area contributed by atoms with Gasteiger partial charge in [-0.3, -0.25) is 4.57 Å². The molecule has 2 aliphatic heterocycles. The van der Waals surface area contributed by atoms with Crippen molar-refractivity contribution in [2.75, 3.05) is 38.0 Å². The molecule has 3 aromatic heterocycles. The van der Waals surface area contributed by atoms with Crippen LogP contribution in [-0.2, 0) is 27.6 Å². The smallest absolute Gasteiger partial charge is 0.229 e. The summed E-state index contributed by atoms with van der Waals surface area (Å²) < 4.78 is 38.5. The molecule has 0 saturated heterocycles. The molecule has 1 N–H and O–H groups in total. The molecule has 6 rings (SSSR count). The quantitative estimate of drug-likeness (QED) is 0.422. The molecule has 0 bridgehead atoms. The zero-order valence-electron chi connectivity index (χ0n) is 20.9. The number of rotatable bonds is 4. The van der Waals surface area contributed by atoms with Crippen molar-refractivity contribution in [2.45, 2.75) is 25.5 Å². The van der Waals surface area contributed by atoms with Crippen LogP contribution in [0.2, 0.25) is 0 Å². The predicted octanol–water partition coefficient (Wildman–Crippen LogP) is 4.51. The Balaban J connectivity index is 1.39. The van der Waals surface area contributed by atoms with Crippen LogP contribution in [-0.4, -0.2) is 61.3 Å². The van der Waals surface area contributed by atoms with Crippen LogP contribution in [0.15, 0.2) is 47.1 Å². The third-order valence-electron chi connectivity index (χ3n) is 6.63. The number of halogens is 1. The summed E-state index contributed by atoms with van der Waals surface area (Å²) in [5.41, 5.74) is 5.12. The van der Waals surface area contributed by atoms with Crippen molar-refractivity contribution in [1.29, 1.82) is 0 Å². The number of likely N-dealkylation sites (N-methyl/N-ethyl adjacent to an activating group) is 1. The second kappa shape index (κ2) is 9.16. The molecule has 0 radical (unpaired) electrons. The maximum Gasteiger partial charge on any atom is 0.229 e. The average molecular weight is 522 g/mol. The second-order valence-corrected chi connectivity index (χ2v) is 12.5. The third kappa shape index (κ3) is 4.81. The minimum atomic E-state index is -2.39. The van der Waals surface area contributed by atoms with Gasteiger partial charge < -0.3 is 15.0 Å². The highest BCUT2D eigenvalue weighted by atomic mass is 32.2. The van der Waals surface area contributed by atoms with E-state index in [1.54, 1.807) is 22.8 Å². The van der Waals surface area contributed by atoms with E-state index in [2.05, 4.69) is 48.7 Å². The van der Waals surface area contributed by atoms with E-state index in [1.165, 1.54) is 41.6 Å². The van der Waals surface area contributed by atoms with Gasteiger partial charge in [0.15, 0.2) is 17.3 Å². The van der Waals surface area contributed by atoms with Gasteiger partial charge >= 0.3 is 0 Å². The van der Waals surface area contributed by atoms with Crippen molar-refractivity contribution in [3.8, 4) is 5.82 Å². The molecule has 2 aliphatic rings. The van der Waals surface area contributed by atoms with Crippen LogP contribution in [0, 0.1) is 5.82 Å². The number of pyridine rings is 1. The lowest BCUT2D eigenvalue weighted by Gasteiger charge is -2.33. The van der Waals surface area contributed by atoms with Crippen molar-refractivity contribution < 1.29 is 13.3 Å². The molecule has 1 aromatic carbocycles. The van der Waals surface area contributed by atoms with Crippen LogP contribution >= 0.6 is 0 Å². The number of aromatic nitrogens is 4. The molecule has 0 saturated carbocycles. The van der Waals surface area contributed by atoms with Gasteiger partial charge in [0.05, 0.1) is 12.0 Å². The molecule has 0 spiro atoms. The number of benzene rings is 1. The summed E-state index contributed by atoms with van der Waals surface area (Å²) in [6, 6.07) is 9.39. The van der Waals surface area contributed by atoms with Gasteiger partial charge in [-0.25, -0.2) is 18.6 Å². The topological polar surface area (TPSA) is 97.5 Å². The van der Waals surface area contributed by atoms with E-state index >= 15 is 0 Å². The highest BCUT2D eigenvalue weighted by molar-refractivity contribution is 7.92. The Hall–Kier alpha value is -3.41. The molecule has 37 heavy (non-hydrogen) atoms. The first-order chi connectivity index (χ1) is 17.7. The Kier molecular flexibility index (Phi) is 5.93. The van der Waals surface area contributed by atoms with Crippen LogP contribution in [0.4, 0.5) is 21.8 Å². The van der Waals surface area contributed by atoms with Gasteiger partial charge in [-0.05, 0) is 60.3 Å². The zero-order valence-corrected chi connectivity index (χ0v) is 21.8. The lowest BCUT2D eigenvalue weighted by atomic mass is 9.84. The van der Waals surface area contributed by atoms with Crippen molar-refractivity contribution in [1.82, 2.24) is 24.4 Å². The Labute approximate surface area is 214 Å². The van der Waals surface area contributed by atoms with Gasteiger partial charge in [0.1, 0.15) is 5.82 Å². The highest BCUT2D eigenvalue weighted by Crippen LogP contribution is 2.37. The summed E-state index contributed by atoms with van der Waals surface area (Å²) in [5, 5.41) is 3.59.